The van der Waals surface area contributed by atoms with E-state index in [2.05, 4.69) is 0 Å². The van der Waals surface area contributed by atoms with Crippen LogP contribution in [0.2, 0.25) is 0 Å². The summed E-state index contributed by atoms with van der Waals surface area (Å²) in [7, 11) is 1.17. The van der Waals surface area contributed by atoms with Gasteiger partial charge in [-0.05, 0) is 19.8 Å². The Morgan fingerprint density at radius 2 is 1.92 bits per heavy atom. The van der Waals surface area contributed by atoms with E-state index in [1.54, 1.807) is 0 Å². The molecule has 1 saturated heterocycles. The minimum atomic E-state index is -4.77. The summed E-state index contributed by atoms with van der Waals surface area (Å²) in [5.74, 6) is -5.06. The summed E-state index contributed by atoms with van der Waals surface area (Å²) in [5.41, 5.74) is -2.66. The van der Waals surface area contributed by atoms with Crippen molar-refractivity contribution in [1.29, 1.82) is 0 Å². The molecule has 0 aromatic heterocycles. The van der Waals surface area contributed by atoms with Crippen molar-refractivity contribution in [2.45, 2.75) is 45.1 Å². The number of rotatable bonds is 4. The SMILES string of the molecule is CCC(C)(C(=O)OC1C2CC3C1OC(=O)C3C2C(=O)OC)C(F)(F)F. The van der Waals surface area contributed by atoms with Crippen LogP contribution < -0.4 is 0 Å². The topological polar surface area (TPSA) is 78.9 Å². The zero-order valence-corrected chi connectivity index (χ0v) is 14.0. The van der Waals surface area contributed by atoms with Crippen LogP contribution in [0.25, 0.3) is 0 Å². The van der Waals surface area contributed by atoms with Gasteiger partial charge in [0.2, 0.25) is 0 Å². The molecule has 3 rings (SSSR count). The second-order valence-corrected chi connectivity index (χ2v) is 7.09. The van der Waals surface area contributed by atoms with E-state index in [4.69, 9.17) is 14.2 Å². The molecule has 0 aromatic rings. The van der Waals surface area contributed by atoms with Gasteiger partial charge in [-0.3, -0.25) is 14.4 Å². The van der Waals surface area contributed by atoms with Crippen molar-refractivity contribution < 1.29 is 41.8 Å². The smallest absolute Gasteiger partial charge is 0.404 e. The quantitative estimate of drug-likeness (QED) is 0.560. The maximum atomic E-state index is 13.3. The van der Waals surface area contributed by atoms with Gasteiger partial charge >= 0.3 is 24.1 Å². The number of ether oxygens (including phenoxy) is 3. The third kappa shape index (κ3) is 2.34. The summed E-state index contributed by atoms with van der Waals surface area (Å²) in [6, 6.07) is 0. The average Bonchev–Trinajstić information content (AvgIpc) is 3.15. The highest BCUT2D eigenvalue weighted by molar-refractivity contribution is 5.86. The van der Waals surface area contributed by atoms with Crippen molar-refractivity contribution in [3.8, 4) is 0 Å². The summed E-state index contributed by atoms with van der Waals surface area (Å²) < 4.78 is 54.9. The van der Waals surface area contributed by atoms with Gasteiger partial charge in [-0.15, -0.1) is 0 Å². The third-order valence-corrected chi connectivity index (χ3v) is 6.05. The molecule has 0 aromatic carbocycles. The van der Waals surface area contributed by atoms with Crippen molar-refractivity contribution in [3.05, 3.63) is 0 Å². The summed E-state index contributed by atoms with van der Waals surface area (Å²) in [6.07, 6.45) is -6.72. The first kappa shape index (κ1) is 18.0. The maximum Gasteiger partial charge on any atom is 0.404 e. The van der Waals surface area contributed by atoms with Crippen molar-refractivity contribution in [2.24, 2.45) is 29.1 Å². The van der Waals surface area contributed by atoms with Gasteiger partial charge in [0.1, 0.15) is 12.2 Å². The monoisotopic (exact) mass is 364 g/mol. The maximum absolute atomic E-state index is 13.3. The van der Waals surface area contributed by atoms with E-state index in [1.807, 2.05) is 0 Å². The molecular formula is C16H19F3O6. The van der Waals surface area contributed by atoms with Gasteiger partial charge in [-0.25, -0.2) is 0 Å². The van der Waals surface area contributed by atoms with Crippen LogP contribution in [-0.4, -0.2) is 43.4 Å². The second kappa shape index (κ2) is 5.60. The summed E-state index contributed by atoms with van der Waals surface area (Å²) in [4.78, 5) is 36.3. The number of carbonyl (C=O) groups is 3. The van der Waals surface area contributed by atoms with Gasteiger partial charge in [0.15, 0.2) is 5.41 Å². The fourth-order valence-corrected chi connectivity index (χ4v) is 4.32. The molecule has 7 atom stereocenters. The van der Waals surface area contributed by atoms with Gasteiger partial charge in [0.25, 0.3) is 0 Å². The number of hydrogen-bond donors (Lipinski definition) is 0. The van der Waals surface area contributed by atoms with E-state index >= 15 is 0 Å². The molecule has 3 aliphatic rings. The Bertz CT molecular complexity index is 617. The van der Waals surface area contributed by atoms with Crippen LogP contribution in [0.3, 0.4) is 0 Å². The van der Waals surface area contributed by atoms with E-state index in [-0.39, 0.29) is 5.92 Å². The zero-order chi connectivity index (χ0) is 18.7. The number of alkyl halides is 3. The van der Waals surface area contributed by atoms with Crippen LogP contribution in [0.15, 0.2) is 0 Å². The molecule has 2 saturated carbocycles. The average molecular weight is 364 g/mol. The number of hydrogen-bond acceptors (Lipinski definition) is 6. The van der Waals surface area contributed by atoms with Crippen LogP contribution in [0.4, 0.5) is 13.2 Å². The van der Waals surface area contributed by atoms with Crippen molar-refractivity contribution in [3.63, 3.8) is 0 Å². The molecule has 0 radical (unpaired) electrons. The minimum Gasteiger partial charge on any atom is -0.469 e. The summed E-state index contributed by atoms with van der Waals surface area (Å²) in [5, 5.41) is 0. The van der Waals surface area contributed by atoms with Gasteiger partial charge < -0.3 is 14.2 Å². The van der Waals surface area contributed by atoms with Crippen LogP contribution in [0.1, 0.15) is 26.7 Å². The molecule has 1 heterocycles. The van der Waals surface area contributed by atoms with Crippen LogP contribution in [0, 0.1) is 29.1 Å². The molecule has 0 N–H and O–H groups in total. The van der Waals surface area contributed by atoms with Crippen LogP contribution in [0.5, 0.6) is 0 Å². The van der Waals surface area contributed by atoms with Crippen molar-refractivity contribution in [2.75, 3.05) is 7.11 Å². The van der Waals surface area contributed by atoms with E-state index in [0.29, 0.717) is 6.42 Å². The number of esters is 3. The Kier molecular flexibility index (Phi) is 4.04. The highest BCUT2D eigenvalue weighted by Gasteiger charge is 2.71. The lowest BCUT2D eigenvalue weighted by atomic mass is 9.78. The van der Waals surface area contributed by atoms with Gasteiger partial charge in [0, 0.05) is 11.8 Å². The first-order chi connectivity index (χ1) is 11.6. The first-order valence-corrected chi connectivity index (χ1v) is 8.13. The fraction of sp³-hybridized carbons (Fsp3) is 0.812. The van der Waals surface area contributed by atoms with E-state index in [0.717, 1.165) is 6.92 Å². The summed E-state index contributed by atoms with van der Waals surface area (Å²) in [6.45, 7) is 2.03. The predicted octanol–water partition coefficient (Wildman–Crippen LogP) is 1.86. The minimum absolute atomic E-state index is 0.335. The lowest BCUT2D eigenvalue weighted by Gasteiger charge is -2.34. The van der Waals surface area contributed by atoms with E-state index < -0.39 is 65.9 Å². The molecule has 3 fully saturated rings. The fourth-order valence-electron chi connectivity index (χ4n) is 4.32. The molecule has 140 valence electrons. The van der Waals surface area contributed by atoms with Gasteiger partial charge in [-0.2, -0.15) is 13.2 Å². The number of fused-ring (bicyclic) bond motifs is 1. The largest absolute Gasteiger partial charge is 0.469 e. The molecule has 0 spiro atoms. The first-order valence-electron chi connectivity index (χ1n) is 8.13. The molecule has 0 amide bonds. The molecule has 2 bridgehead atoms. The normalized spacial score (nSPS) is 38.2. The number of carbonyl (C=O) groups excluding carboxylic acids is 3. The molecule has 6 nitrogen and oxygen atoms in total. The highest BCUT2D eigenvalue weighted by atomic mass is 19.4. The van der Waals surface area contributed by atoms with Crippen molar-refractivity contribution in [1.82, 2.24) is 0 Å². The molecule has 7 unspecified atom stereocenters. The number of halogens is 3. The Hall–Kier alpha value is -1.80. The molecule has 25 heavy (non-hydrogen) atoms. The predicted molar refractivity (Wildman–Crippen MR) is 74.8 cm³/mol. The van der Waals surface area contributed by atoms with Gasteiger partial charge in [0.05, 0.1) is 18.9 Å². The second-order valence-electron chi connectivity index (χ2n) is 7.09. The Labute approximate surface area is 142 Å². The van der Waals surface area contributed by atoms with Gasteiger partial charge in [-0.1, -0.05) is 6.92 Å². The molecule has 1 aliphatic heterocycles. The Morgan fingerprint density at radius 3 is 2.44 bits per heavy atom. The van der Waals surface area contributed by atoms with E-state index in [1.165, 1.54) is 14.0 Å². The molecule has 2 aliphatic carbocycles. The standard InChI is InChI=1S/C16H19F3O6/c1-4-15(2,16(17,18)19)14(22)25-11-6-5-7-9(8(6)12(20)23-3)13(21)24-10(7)11/h6-11H,4-5H2,1-3H3. The van der Waals surface area contributed by atoms with Crippen molar-refractivity contribution >= 4 is 17.9 Å². The summed E-state index contributed by atoms with van der Waals surface area (Å²) >= 11 is 0. The third-order valence-electron chi connectivity index (χ3n) is 6.05. The van der Waals surface area contributed by atoms with E-state index in [9.17, 15) is 27.6 Å². The van der Waals surface area contributed by atoms with Crippen LogP contribution >= 0.6 is 0 Å². The molecular weight excluding hydrogens is 345 g/mol. The highest BCUT2D eigenvalue weighted by Crippen LogP contribution is 2.59. The lowest BCUT2D eigenvalue weighted by molar-refractivity contribution is -0.237. The lowest BCUT2D eigenvalue weighted by Crippen LogP contribution is -2.49. The zero-order valence-electron chi connectivity index (χ0n) is 14.0. The number of methoxy groups -OCH3 is 1. The van der Waals surface area contributed by atoms with Crippen LogP contribution in [-0.2, 0) is 28.6 Å². The Balaban J connectivity index is 1.86. The molecule has 9 heteroatoms. The Morgan fingerprint density at radius 1 is 1.28 bits per heavy atom.